The minimum Gasteiger partial charge on any atom is -0.450 e. The van der Waals surface area contributed by atoms with Gasteiger partial charge in [-0.3, -0.25) is 15.4 Å². The first-order chi connectivity index (χ1) is 13.2. The van der Waals surface area contributed by atoms with Crippen molar-refractivity contribution < 1.29 is 19.6 Å². The molecule has 2 aromatic rings. The molecule has 0 aliphatic heterocycles. The molecule has 28 heavy (non-hydrogen) atoms. The number of nitrogens with one attached hydrogen (secondary N) is 2. The summed E-state index contributed by atoms with van der Waals surface area (Å²) < 4.78 is 5.55. The van der Waals surface area contributed by atoms with Gasteiger partial charge in [0.2, 0.25) is 5.82 Å². The first kappa shape index (κ1) is 21.4. The number of aliphatic hydroxyl groups excluding tert-OH is 1. The van der Waals surface area contributed by atoms with Gasteiger partial charge < -0.3 is 20.9 Å². The number of amides is 1. The maximum atomic E-state index is 11.6. The quantitative estimate of drug-likeness (QED) is 0.367. The Morgan fingerprint density at radius 2 is 2.18 bits per heavy atom. The molecule has 1 amide bonds. The summed E-state index contributed by atoms with van der Waals surface area (Å²) in [5.74, 6) is -0.404. The van der Waals surface area contributed by atoms with E-state index in [2.05, 4.69) is 31.5 Å². The average molecular weight is 454 g/mol. The van der Waals surface area contributed by atoms with Crippen LogP contribution in [0.3, 0.4) is 0 Å². The van der Waals surface area contributed by atoms with E-state index in [1.165, 1.54) is 6.07 Å². The monoisotopic (exact) mass is 453 g/mol. The number of ether oxygens (including phenoxy) is 1. The van der Waals surface area contributed by atoms with E-state index in [-0.39, 0.29) is 23.9 Å². The van der Waals surface area contributed by atoms with Crippen LogP contribution in [0.25, 0.3) is 0 Å². The molecule has 11 heteroatoms. The minimum absolute atomic E-state index is 0.00541. The van der Waals surface area contributed by atoms with E-state index in [1.54, 1.807) is 32.0 Å². The third kappa shape index (κ3) is 5.30. The molecule has 0 fully saturated rings. The van der Waals surface area contributed by atoms with Crippen molar-refractivity contribution in [3.05, 3.63) is 50.5 Å². The van der Waals surface area contributed by atoms with Gasteiger partial charge in [0.1, 0.15) is 11.5 Å². The summed E-state index contributed by atoms with van der Waals surface area (Å²) in [7, 11) is 0. The number of carbonyl (C=O) groups is 1. The van der Waals surface area contributed by atoms with Gasteiger partial charge in [-0.2, -0.15) is 0 Å². The molecule has 0 saturated heterocycles. The number of anilines is 3. The first-order valence-electron chi connectivity index (χ1n) is 8.31. The molecule has 1 aromatic carbocycles. The summed E-state index contributed by atoms with van der Waals surface area (Å²) >= 11 is 3.33. The summed E-state index contributed by atoms with van der Waals surface area (Å²) in [6.45, 7) is 3.44. The zero-order valence-corrected chi connectivity index (χ0v) is 16.8. The molecule has 0 aliphatic carbocycles. The number of aromatic nitrogens is 1. The standard InChI is InChI=1S/C17H20BrN5O5/c1-3-28-17(25)22-13-8-12(14(23(26)27)16(19)21-13)20-9(2)15(24)10-5-4-6-11(18)7-10/h4-9,15,24H,3H2,1-2H3,(H4,19,20,21,22,25)/t9-,15?/m0/s1. The molecular formula is C17H20BrN5O5. The lowest BCUT2D eigenvalue weighted by molar-refractivity contribution is -0.383. The average Bonchev–Trinajstić information content (AvgIpc) is 2.60. The summed E-state index contributed by atoms with van der Waals surface area (Å²) in [5, 5.41) is 27.2. The highest BCUT2D eigenvalue weighted by Crippen LogP contribution is 2.34. The number of nitro groups is 1. The molecule has 10 nitrogen and oxygen atoms in total. The van der Waals surface area contributed by atoms with Crippen LogP contribution in [0.1, 0.15) is 25.5 Å². The van der Waals surface area contributed by atoms with E-state index in [0.29, 0.717) is 5.56 Å². The van der Waals surface area contributed by atoms with Gasteiger partial charge in [0.15, 0.2) is 0 Å². The van der Waals surface area contributed by atoms with Crippen molar-refractivity contribution in [2.45, 2.75) is 26.0 Å². The smallest absolute Gasteiger partial charge is 0.412 e. The lowest BCUT2D eigenvalue weighted by Crippen LogP contribution is -2.25. The molecule has 0 saturated carbocycles. The Morgan fingerprint density at radius 3 is 2.79 bits per heavy atom. The van der Waals surface area contributed by atoms with Crippen molar-refractivity contribution in [1.82, 2.24) is 4.98 Å². The number of carbonyl (C=O) groups excluding carboxylic acids is 1. The Hall–Kier alpha value is -2.92. The summed E-state index contributed by atoms with van der Waals surface area (Å²) in [6, 6.07) is 7.70. The van der Waals surface area contributed by atoms with Gasteiger partial charge in [-0.15, -0.1) is 0 Å². The molecule has 150 valence electrons. The van der Waals surface area contributed by atoms with Gasteiger partial charge in [0.05, 0.1) is 23.7 Å². The fourth-order valence-corrected chi connectivity index (χ4v) is 2.92. The van der Waals surface area contributed by atoms with Crippen molar-refractivity contribution in [2.24, 2.45) is 0 Å². The van der Waals surface area contributed by atoms with Gasteiger partial charge >= 0.3 is 11.8 Å². The lowest BCUT2D eigenvalue weighted by atomic mass is 10.0. The summed E-state index contributed by atoms with van der Waals surface area (Å²) in [6.07, 6.45) is -1.73. The Kier molecular flexibility index (Phi) is 7.12. The first-order valence-corrected chi connectivity index (χ1v) is 9.11. The third-order valence-electron chi connectivity index (χ3n) is 3.75. The number of aliphatic hydroxyl groups is 1. The molecule has 1 heterocycles. The van der Waals surface area contributed by atoms with Crippen molar-refractivity contribution in [1.29, 1.82) is 0 Å². The SMILES string of the molecule is CCOC(=O)Nc1cc(N[C@@H](C)C(O)c2cccc(Br)c2)c([N+](=O)[O-])c(N)n1. The van der Waals surface area contributed by atoms with E-state index in [4.69, 9.17) is 10.5 Å². The Bertz CT molecular complexity index is 879. The van der Waals surface area contributed by atoms with Gasteiger partial charge in [-0.25, -0.2) is 9.78 Å². The molecule has 2 atom stereocenters. The number of hydrogen-bond acceptors (Lipinski definition) is 8. The predicted octanol–water partition coefficient (Wildman–Crippen LogP) is 3.44. The van der Waals surface area contributed by atoms with Crippen molar-refractivity contribution in [2.75, 3.05) is 23.0 Å². The molecule has 2 rings (SSSR count). The zero-order valence-electron chi connectivity index (χ0n) is 15.2. The number of halogens is 1. The number of benzene rings is 1. The molecule has 0 aliphatic rings. The van der Waals surface area contributed by atoms with Crippen LogP contribution in [0.15, 0.2) is 34.8 Å². The molecule has 1 unspecified atom stereocenters. The van der Waals surface area contributed by atoms with Crippen LogP contribution < -0.4 is 16.4 Å². The van der Waals surface area contributed by atoms with Crippen LogP contribution in [0.4, 0.5) is 27.8 Å². The fraction of sp³-hybridized carbons (Fsp3) is 0.294. The number of hydrogen-bond donors (Lipinski definition) is 4. The molecule has 1 aromatic heterocycles. The molecule has 5 N–H and O–H groups in total. The van der Waals surface area contributed by atoms with Crippen molar-refractivity contribution >= 4 is 45.0 Å². The normalized spacial score (nSPS) is 12.7. The summed E-state index contributed by atoms with van der Waals surface area (Å²) in [4.78, 5) is 26.1. The Morgan fingerprint density at radius 1 is 1.46 bits per heavy atom. The van der Waals surface area contributed by atoms with Crippen molar-refractivity contribution in [3.8, 4) is 0 Å². The van der Waals surface area contributed by atoms with Crippen LogP contribution in [-0.2, 0) is 4.74 Å². The van der Waals surface area contributed by atoms with Crippen LogP contribution >= 0.6 is 15.9 Å². The second-order valence-electron chi connectivity index (χ2n) is 5.82. The van der Waals surface area contributed by atoms with E-state index in [1.807, 2.05) is 6.07 Å². The van der Waals surface area contributed by atoms with Crippen LogP contribution in [-0.4, -0.2) is 33.8 Å². The van der Waals surface area contributed by atoms with E-state index >= 15 is 0 Å². The topological polar surface area (TPSA) is 153 Å². The number of rotatable bonds is 7. The second-order valence-corrected chi connectivity index (χ2v) is 6.74. The van der Waals surface area contributed by atoms with E-state index in [9.17, 15) is 20.0 Å². The van der Waals surface area contributed by atoms with Crippen molar-refractivity contribution in [3.63, 3.8) is 0 Å². The van der Waals surface area contributed by atoms with E-state index < -0.39 is 28.8 Å². The summed E-state index contributed by atoms with van der Waals surface area (Å²) in [5.41, 5.74) is 5.87. The largest absolute Gasteiger partial charge is 0.450 e. The number of nitrogens with two attached hydrogens (primary N) is 1. The lowest BCUT2D eigenvalue weighted by Gasteiger charge is -2.22. The fourth-order valence-electron chi connectivity index (χ4n) is 2.50. The van der Waals surface area contributed by atoms with Gasteiger partial charge in [-0.05, 0) is 31.5 Å². The number of nitrogens with zero attached hydrogens (tertiary/aromatic N) is 2. The maximum Gasteiger partial charge on any atom is 0.412 e. The van der Waals surface area contributed by atoms with Crippen LogP contribution in [0, 0.1) is 10.1 Å². The number of pyridine rings is 1. The minimum atomic E-state index is -0.965. The molecule has 0 spiro atoms. The molecule has 0 radical (unpaired) electrons. The maximum absolute atomic E-state index is 11.6. The van der Waals surface area contributed by atoms with Crippen LogP contribution in [0.2, 0.25) is 0 Å². The number of nitrogen functional groups attached to an aromatic ring is 1. The Labute approximate surface area is 169 Å². The zero-order chi connectivity index (χ0) is 20.8. The molecule has 0 bridgehead atoms. The van der Waals surface area contributed by atoms with Crippen LogP contribution in [0.5, 0.6) is 0 Å². The third-order valence-corrected chi connectivity index (χ3v) is 4.25. The predicted molar refractivity (Wildman–Crippen MR) is 108 cm³/mol. The van der Waals surface area contributed by atoms with Gasteiger partial charge in [0, 0.05) is 10.5 Å². The highest BCUT2D eigenvalue weighted by atomic mass is 79.9. The van der Waals surface area contributed by atoms with Gasteiger partial charge in [0.25, 0.3) is 0 Å². The molecular weight excluding hydrogens is 434 g/mol. The highest BCUT2D eigenvalue weighted by molar-refractivity contribution is 9.10. The Balaban J connectivity index is 2.32. The van der Waals surface area contributed by atoms with Gasteiger partial charge in [-0.1, -0.05) is 28.1 Å². The second kappa shape index (κ2) is 9.33. The highest BCUT2D eigenvalue weighted by Gasteiger charge is 2.25. The van der Waals surface area contributed by atoms with E-state index in [0.717, 1.165) is 4.47 Å².